The van der Waals surface area contributed by atoms with Gasteiger partial charge in [-0.15, -0.1) is 0 Å². The molecule has 0 N–H and O–H groups in total. The zero-order valence-electron chi connectivity index (χ0n) is 13.5. The second-order valence-corrected chi connectivity index (χ2v) is 5.57. The van der Waals surface area contributed by atoms with Crippen molar-refractivity contribution in [1.29, 1.82) is 0 Å². The number of benzene rings is 2. The summed E-state index contributed by atoms with van der Waals surface area (Å²) >= 11 is 0. The number of pyridine rings is 2. The summed E-state index contributed by atoms with van der Waals surface area (Å²) in [6.45, 7) is 0. The van der Waals surface area contributed by atoms with Crippen molar-refractivity contribution in [2.45, 2.75) is 0 Å². The second kappa shape index (κ2) is 6.97. The van der Waals surface area contributed by atoms with E-state index in [4.69, 9.17) is 9.72 Å². The summed E-state index contributed by atoms with van der Waals surface area (Å²) < 4.78 is 5.82. The molecule has 2 heterocycles. The van der Waals surface area contributed by atoms with Gasteiger partial charge in [0.15, 0.2) is 0 Å². The molecule has 0 bridgehead atoms. The van der Waals surface area contributed by atoms with Gasteiger partial charge < -0.3 is 4.74 Å². The SMILES string of the molecule is c1ccc(-c2cccc(-c3cccc(Oc4ccccn4)c3)n2)cc1. The van der Waals surface area contributed by atoms with E-state index in [9.17, 15) is 0 Å². The Morgan fingerprint density at radius 3 is 2.12 bits per heavy atom. The average molecular weight is 324 g/mol. The van der Waals surface area contributed by atoms with Crippen LogP contribution in [0.2, 0.25) is 0 Å². The maximum atomic E-state index is 5.82. The van der Waals surface area contributed by atoms with Gasteiger partial charge in [-0.1, -0.05) is 54.6 Å². The van der Waals surface area contributed by atoms with Crippen molar-refractivity contribution in [3.8, 4) is 34.1 Å². The molecular weight excluding hydrogens is 308 g/mol. The third-order valence-electron chi connectivity index (χ3n) is 3.81. The Morgan fingerprint density at radius 2 is 1.32 bits per heavy atom. The van der Waals surface area contributed by atoms with Crippen molar-refractivity contribution in [2.75, 3.05) is 0 Å². The van der Waals surface area contributed by atoms with Crippen LogP contribution in [0.25, 0.3) is 22.5 Å². The minimum Gasteiger partial charge on any atom is -0.439 e. The van der Waals surface area contributed by atoms with Gasteiger partial charge >= 0.3 is 0 Å². The number of rotatable bonds is 4. The molecule has 0 unspecified atom stereocenters. The van der Waals surface area contributed by atoms with E-state index in [1.807, 2.05) is 78.9 Å². The fourth-order valence-corrected chi connectivity index (χ4v) is 2.61. The van der Waals surface area contributed by atoms with Crippen molar-refractivity contribution in [2.24, 2.45) is 0 Å². The van der Waals surface area contributed by atoms with E-state index in [0.29, 0.717) is 5.88 Å². The van der Waals surface area contributed by atoms with Crippen LogP contribution in [0.5, 0.6) is 11.6 Å². The highest BCUT2D eigenvalue weighted by Crippen LogP contribution is 2.27. The molecule has 0 amide bonds. The lowest BCUT2D eigenvalue weighted by Crippen LogP contribution is -1.90. The zero-order chi connectivity index (χ0) is 16.9. The molecule has 0 aliphatic rings. The summed E-state index contributed by atoms with van der Waals surface area (Å²) in [6, 6.07) is 29.7. The summed E-state index contributed by atoms with van der Waals surface area (Å²) in [5.74, 6) is 1.31. The lowest BCUT2D eigenvalue weighted by molar-refractivity contribution is 0.463. The molecule has 0 saturated carbocycles. The van der Waals surface area contributed by atoms with Crippen LogP contribution in [0.1, 0.15) is 0 Å². The van der Waals surface area contributed by atoms with Crippen LogP contribution in [0.4, 0.5) is 0 Å². The Labute approximate surface area is 146 Å². The highest BCUT2D eigenvalue weighted by atomic mass is 16.5. The molecule has 0 radical (unpaired) electrons. The fourth-order valence-electron chi connectivity index (χ4n) is 2.61. The minimum absolute atomic E-state index is 0.575. The summed E-state index contributed by atoms with van der Waals surface area (Å²) in [4.78, 5) is 8.98. The van der Waals surface area contributed by atoms with E-state index < -0.39 is 0 Å². The normalized spacial score (nSPS) is 10.4. The van der Waals surface area contributed by atoms with Crippen LogP contribution in [0.3, 0.4) is 0 Å². The number of hydrogen-bond acceptors (Lipinski definition) is 3. The first kappa shape index (κ1) is 15.1. The third-order valence-corrected chi connectivity index (χ3v) is 3.81. The van der Waals surface area contributed by atoms with Crippen molar-refractivity contribution in [3.05, 3.63) is 97.2 Å². The largest absolute Gasteiger partial charge is 0.439 e. The van der Waals surface area contributed by atoms with Crippen LogP contribution in [-0.4, -0.2) is 9.97 Å². The minimum atomic E-state index is 0.575. The molecule has 0 saturated heterocycles. The van der Waals surface area contributed by atoms with Crippen LogP contribution in [0.15, 0.2) is 97.2 Å². The molecule has 120 valence electrons. The van der Waals surface area contributed by atoms with E-state index in [0.717, 1.165) is 28.3 Å². The van der Waals surface area contributed by atoms with Crippen molar-refractivity contribution < 1.29 is 4.74 Å². The molecule has 0 fully saturated rings. The van der Waals surface area contributed by atoms with Gasteiger partial charge in [0.25, 0.3) is 0 Å². The molecule has 0 atom stereocenters. The molecule has 2 aromatic heterocycles. The fraction of sp³-hybridized carbons (Fsp3) is 0. The van der Waals surface area contributed by atoms with E-state index in [1.165, 1.54) is 0 Å². The predicted molar refractivity (Wildman–Crippen MR) is 99.4 cm³/mol. The monoisotopic (exact) mass is 324 g/mol. The molecule has 25 heavy (non-hydrogen) atoms. The first-order chi connectivity index (χ1) is 12.4. The van der Waals surface area contributed by atoms with Crippen LogP contribution < -0.4 is 4.74 Å². The highest BCUT2D eigenvalue weighted by Gasteiger charge is 2.05. The van der Waals surface area contributed by atoms with Crippen LogP contribution in [0, 0.1) is 0 Å². The molecule has 4 aromatic rings. The van der Waals surface area contributed by atoms with Gasteiger partial charge in [-0.2, -0.15) is 0 Å². The predicted octanol–water partition coefficient (Wildman–Crippen LogP) is 5.60. The highest BCUT2D eigenvalue weighted by molar-refractivity contribution is 5.67. The number of nitrogens with zero attached hydrogens (tertiary/aromatic N) is 2. The number of hydrogen-bond donors (Lipinski definition) is 0. The molecule has 3 heteroatoms. The lowest BCUT2D eigenvalue weighted by Gasteiger charge is -2.08. The van der Waals surface area contributed by atoms with Crippen molar-refractivity contribution >= 4 is 0 Å². The first-order valence-electron chi connectivity index (χ1n) is 8.10. The van der Waals surface area contributed by atoms with Crippen molar-refractivity contribution in [3.63, 3.8) is 0 Å². The van der Waals surface area contributed by atoms with Gasteiger partial charge in [0.2, 0.25) is 5.88 Å². The Hall–Kier alpha value is -3.46. The maximum Gasteiger partial charge on any atom is 0.219 e. The Balaban J connectivity index is 1.65. The lowest BCUT2D eigenvalue weighted by atomic mass is 10.1. The van der Waals surface area contributed by atoms with E-state index in [-0.39, 0.29) is 0 Å². The van der Waals surface area contributed by atoms with Gasteiger partial charge in [0.1, 0.15) is 5.75 Å². The molecular formula is C22H16N2O. The van der Waals surface area contributed by atoms with Crippen LogP contribution >= 0.6 is 0 Å². The summed E-state index contributed by atoms with van der Waals surface area (Å²) in [6.07, 6.45) is 1.71. The smallest absolute Gasteiger partial charge is 0.219 e. The molecule has 3 nitrogen and oxygen atoms in total. The van der Waals surface area contributed by atoms with Gasteiger partial charge in [-0.3, -0.25) is 0 Å². The topological polar surface area (TPSA) is 35.0 Å². The number of ether oxygens (including phenoxy) is 1. The van der Waals surface area contributed by atoms with E-state index in [1.54, 1.807) is 6.20 Å². The Bertz CT molecular complexity index is 969. The molecule has 0 spiro atoms. The van der Waals surface area contributed by atoms with Gasteiger partial charge in [-0.25, -0.2) is 9.97 Å². The standard InChI is InChI=1S/C22H16N2O/c1-2-8-17(9-3-1)20-12-7-13-21(24-20)18-10-6-11-19(16-18)25-22-14-4-5-15-23-22/h1-16H. The Kier molecular flexibility index (Phi) is 4.21. The summed E-state index contributed by atoms with van der Waals surface area (Å²) in [5, 5.41) is 0. The second-order valence-electron chi connectivity index (χ2n) is 5.57. The van der Waals surface area contributed by atoms with Crippen LogP contribution in [-0.2, 0) is 0 Å². The molecule has 0 aliphatic carbocycles. The molecule has 0 aliphatic heterocycles. The van der Waals surface area contributed by atoms with E-state index >= 15 is 0 Å². The first-order valence-corrected chi connectivity index (χ1v) is 8.10. The molecule has 2 aromatic carbocycles. The van der Waals surface area contributed by atoms with Crippen molar-refractivity contribution in [1.82, 2.24) is 9.97 Å². The third kappa shape index (κ3) is 3.56. The average Bonchev–Trinajstić information content (AvgIpc) is 2.70. The Morgan fingerprint density at radius 1 is 0.600 bits per heavy atom. The quantitative estimate of drug-likeness (QED) is 0.490. The van der Waals surface area contributed by atoms with Gasteiger partial charge in [-0.05, 0) is 30.3 Å². The molecule has 4 rings (SSSR count). The zero-order valence-corrected chi connectivity index (χ0v) is 13.5. The van der Waals surface area contributed by atoms with Gasteiger partial charge in [0.05, 0.1) is 11.4 Å². The summed E-state index contributed by atoms with van der Waals surface area (Å²) in [7, 11) is 0. The summed E-state index contributed by atoms with van der Waals surface area (Å²) in [5.41, 5.74) is 3.97. The van der Waals surface area contributed by atoms with E-state index in [2.05, 4.69) is 17.1 Å². The maximum absolute atomic E-state index is 5.82. The number of aromatic nitrogens is 2. The van der Waals surface area contributed by atoms with Gasteiger partial charge in [0, 0.05) is 23.4 Å².